The van der Waals surface area contributed by atoms with Crippen molar-refractivity contribution in [3.8, 4) is 11.4 Å². The number of amides is 1. The molecule has 0 aliphatic carbocycles. The lowest BCUT2D eigenvalue weighted by Gasteiger charge is -2.20. The van der Waals surface area contributed by atoms with Gasteiger partial charge in [-0.1, -0.05) is 32.4 Å². The van der Waals surface area contributed by atoms with E-state index in [1.165, 1.54) is 4.80 Å². The fraction of sp³-hybridized carbons (Fsp3) is 0.500. The van der Waals surface area contributed by atoms with Gasteiger partial charge in [0.15, 0.2) is 6.04 Å². The molecule has 0 aliphatic heterocycles. The number of halogens is 1. The fourth-order valence-corrected chi connectivity index (χ4v) is 2.14. The zero-order chi connectivity index (χ0) is 17.0. The Labute approximate surface area is 141 Å². The Balaban J connectivity index is 2.16. The minimum atomic E-state index is -0.468. The van der Waals surface area contributed by atoms with Gasteiger partial charge in [0.25, 0.3) is 0 Å². The van der Waals surface area contributed by atoms with Crippen LogP contribution in [0, 0.1) is 5.92 Å². The molecule has 0 saturated heterocycles. The summed E-state index contributed by atoms with van der Waals surface area (Å²) in [5, 5.41) is 16.1. The molecule has 2 aromatic rings. The largest absolute Gasteiger partial charge is 0.351 e. The number of carbonyl (C=O) groups excluding carboxylic acids is 1. The van der Waals surface area contributed by atoms with E-state index in [0.29, 0.717) is 23.2 Å². The summed E-state index contributed by atoms with van der Waals surface area (Å²) in [6.07, 6.45) is 0.590. The standard InChI is InChI=1S/C16H22ClN5O/c1-5-14(16(23)18-11(4)10(2)3)22-20-15(19-21-22)12-6-8-13(17)9-7-12/h6-11,14H,5H2,1-4H3,(H,18,23). The Hall–Kier alpha value is -1.95. The van der Waals surface area contributed by atoms with Crippen LogP contribution in [0.1, 0.15) is 40.2 Å². The van der Waals surface area contributed by atoms with Gasteiger partial charge in [-0.15, -0.1) is 10.2 Å². The number of benzene rings is 1. The Bertz CT molecular complexity index is 653. The third kappa shape index (κ3) is 4.28. The molecular weight excluding hydrogens is 314 g/mol. The first-order valence-electron chi connectivity index (χ1n) is 7.78. The van der Waals surface area contributed by atoms with Gasteiger partial charge in [-0.2, -0.15) is 4.80 Å². The number of aromatic nitrogens is 4. The molecule has 1 heterocycles. The van der Waals surface area contributed by atoms with E-state index in [1.54, 1.807) is 12.1 Å². The molecule has 2 rings (SSSR count). The van der Waals surface area contributed by atoms with Crippen molar-refractivity contribution in [3.63, 3.8) is 0 Å². The Morgan fingerprint density at radius 1 is 1.26 bits per heavy atom. The first-order chi connectivity index (χ1) is 10.9. The molecule has 1 N–H and O–H groups in total. The summed E-state index contributed by atoms with van der Waals surface area (Å²) in [6.45, 7) is 8.05. The third-order valence-electron chi connectivity index (χ3n) is 3.87. The van der Waals surface area contributed by atoms with Gasteiger partial charge in [0.2, 0.25) is 11.7 Å². The SMILES string of the molecule is CCC(C(=O)NC(C)C(C)C)n1nnc(-c2ccc(Cl)cc2)n1. The Morgan fingerprint density at radius 3 is 2.48 bits per heavy atom. The minimum absolute atomic E-state index is 0.0891. The lowest BCUT2D eigenvalue weighted by Crippen LogP contribution is -2.41. The fourth-order valence-electron chi connectivity index (χ4n) is 2.01. The highest BCUT2D eigenvalue weighted by molar-refractivity contribution is 6.30. The molecule has 1 aromatic carbocycles. The molecule has 0 radical (unpaired) electrons. The second kappa shape index (κ2) is 7.55. The zero-order valence-corrected chi connectivity index (χ0v) is 14.6. The van der Waals surface area contributed by atoms with E-state index in [0.717, 1.165) is 5.56 Å². The normalized spacial score (nSPS) is 13.8. The maximum Gasteiger partial charge on any atom is 0.247 e. The minimum Gasteiger partial charge on any atom is -0.351 e. The van der Waals surface area contributed by atoms with Crippen molar-refractivity contribution >= 4 is 17.5 Å². The van der Waals surface area contributed by atoms with Crippen molar-refractivity contribution in [2.24, 2.45) is 5.92 Å². The van der Waals surface area contributed by atoms with Gasteiger partial charge >= 0.3 is 0 Å². The lowest BCUT2D eigenvalue weighted by atomic mass is 10.1. The van der Waals surface area contributed by atoms with Crippen LogP contribution in [0.4, 0.5) is 0 Å². The van der Waals surface area contributed by atoms with Crippen LogP contribution < -0.4 is 5.32 Å². The van der Waals surface area contributed by atoms with Gasteiger partial charge in [0, 0.05) is 16.6 Å². The predicted molar refractivity (Wildman–Crippen MR) is 90.0 cm³/mol. The Kier molecular flexibility index (Phi) is 5.71. The monoisotopic (exact) mass is 335 g/mol. The van der Waals surface area contributed by atoms with Gasteiger partial charge in [-0.3, -0.25) is 4.79 Å². The van der Waals surface area contributed by atoms with Crippen molar-refractivity contribution in [3.05, 3.63) is 29.3 Å². The molecule has 124 valence electrons. The highest BCUT2D eigenvalue weighted by atomic mass is 35.5. The summed E-state index contributed by atoms with van der Waals surface area (Å²) < 4.78 is 0. The number of tetrazole rings is 1. The summed E-state index contributed by atoms with van der Waals surface area (Å²) in [5.41, 5.74) is 0.812. The molecule has 1 amide bonds. The van der Waals surface area contributed by atoms with Crippen LogP contribution in [0.15, 0.2) is 24.3 Å². The van der Waals surface area contributed by atoms with E-state index in [1.807, 2.05) is 26.0 Å². The van der Waals surface area contributed by atoms with Crippen LogP contribution in [-0.4, -0.2) is 32.2 Å². The molecule has 7 heteroatoms. The molecule has 0 fully saturated rings. The van der Waals surface area contributed by atoms with E-state index in [2.05, 4.69) is 34.6 Å². The van der Waals surface area contributed by atoms with Crippen LogP contribution in [0.5, 0.6) is 0 Å². The van der Waals surface area contributed by atoms with Crippen LogP contribution in [0.3, 0.4) is 0 Å². The van der Waals surface area contributed by atoms with Crippen LogP contribution >= 0.6 is 11.6 Å². The van der Waals surface area contributed by atoms with E-state index in [9.17, 15) is 4.79 Å². The van der Waals surface area contributed by atoms with Crippen molar-refractivity contribution < 1.29 is 4.79 Å². The zero-order valence-electron chi connectivity index (χ0n) is 13.8. The van der Waals surface area contributed by atoms with Crippen molar-refractivity contribution in [2.45, 2.75) is 46.2 Å². The van der Waals surface area contributed by atoms with Gasteiger partial charge in [0.1, 0.15) is 0 Å². The third-order valence-corrected chi connectivity index (χ3v) is 4.12. The second-order valence-electron chi connectivity index (χ2n) is 5.91. The first kappa shape index (κ1) is 17.4. The maximum atomic E-state index is 12.4. The number of hydrogen-bond donors (Lipinski definition) is 1. The molecule has 0 saturated carbocycles. The summed E-state index contributed by atoms with van der Waals surface area (Å²) in [5.74, 6) is 0.753. The van der Waals surface area contributed by atoms with Gasteiger partial charge < -0.3 is 5.32 Å². The van der Waals surface area contributed by atoms with E-state index >= 15 is 0 Å². The number of hydrogen-bond acceptors (Lipinski definition) is 4. The average molecular weight is 336 g/mol. The number of nitrogens with zero attached hydrogens (tertiary/aromatic N) is 4. The maximum absolute atomic E-state index is 12.4. The smallest absolute Gasteiger partial charge is 0.247 e. The molecule has 2 unspecified atom stereocenters. The van der Waals surface area contributed by atoms with Crippen molar-refractivity contribution in [1.82, 2.24) is 25.5 Å². The summed E-state index contributed by atoms with van der Waals surface area (Å²) in [7, 11) is 0. The van der Waals surface area contributed by atoms with Gasteiger partial charge in [-0.25, -0.2) is 0 Å². The topological polar surface area (TPSA) is 72.7 Å². The molecule has 0 spiro atoms. The molecular formula is C16H22ClN5O. The molecule has 0 aliphatic rings. The van der Waals surface area contributed by atoms with Crippen molar-refractivity contribution in [2.75, 3.05) is 0 Å². The van der Waals surface area contributed by atoms with Crippen LogP contribution in [-0.2, 0) is 4.79 Å². The molecule has 23 heavy (non-hydrogen) atoms. The molecule has 0 bridgehead atoms. The van der Waals surface area contributed by atoms with Crippen LogP contribution in [0.2, 0.25) is 5.02 Å². The molecule has 6 nitrogen and oxygen atoms in total. The Morgan fingerprint density at radius 2 is 1.91 bits per heavy atom. The average Bonchev–Trinajstić information content (AvgIpc) is 2.98. The number of rotatable bonds is 6. The molecule has 2 atom stereocenters. The summed E-state index contributed by atoms with van der Waals surface area (Å²) in [6, 6.07) is 6.81. The van der Waals surface area contributed by atoms with Crippen molar-refractivity contribution in [1.29, 1.82) is 0 Å². The number of nitrogens with one attached hydrogen (secondary N) is 1. The van der Waals surface area contributed by atoms with Gasteiger partial charge in [-0.05, 0) is 48.7 Å². The number of carbonyl (C=O) groups is 1. The summed E-state index contributed by atoms with van der Waals surface area (Å²) in [4.78, 5) is 13.8. The van der Waals surface area contributed by atoms with Crippen LogP contribution in [0.25, 0.3) is 11.4 Å². The predicted octanol–water partition coefficient (Wildman–Crippen LogP) is 3.11. The quantitative estimate of drug-likeness (QED) is 0.880. The highest BCUT2D eigenvalue weighted by Crippen LogP contribution is 2.18. The highest BCUT2D eigenvalue weighted by Gasteiger charge is 2.23. The van der Waals surface area contributed by atoms with E-state index in [4.69, 9.17) is 11.6 Å². The summed E-state index contributed by atoms with van der Waals surface area (Å²) >= 11 is 5.88. The van der Waals surface area contributed by atoms with E-state index in [-0.39, 0.29) is 11.9 Å². The second-order valence-corrected chi connectivity index (χ2v) is 6.34. The first-order valence-corrected chi connectivity index (χ1v) is 8.16. The molecule has 1 aromatic heterocycles. The van der Waals surface area contributed by atoms with E-state index < -0.39 is 6.04 Å². The lowest BCUT2D eigenvalue weighted by molar-refractivity contribution is -0.126. The van der Waals surface area contributed by atoms with Gasteiger partial charge in [0.05, 0.1) is 0 Å².